The maximum atomic E-state index is 12.0. The van der Waals surface area contributed by atoms with Gasteiger partial charge in [0, 0.05) is 36.4 Å². The van der Waals surface area contributed by atoms with Gasteiger partial charge in [-0.3, -0.25) is 9.78 Å². The molecular weight excluding hydrogens is 234 g/mol. The van der Waals surface area contributed by atoms with Crippen molar-refractivity contribution in [1.82, 2.24) is 10.3 Å². The van der Waals surface area contributed by atoms with Crippen LogP contribution in [0.2, 0.25) is 0 Å². The zero-order chi connectivity index (χ0) is 12.3. The fraction of sp³-hybridized carbons (Fsp3) is 0.500. The fourth-order valence-corrected chi connectivity index (χ4v) is 2.45. The van der Waals surface area contributed by atoms with Crippen molar-refractivity contribution in [3.05, 3.63) is 24.0 Å². The Kier molecular flexibility index (Phi) is 3.57. The lowest BCUT2D eigenvalue weighted by atomic mass is 10.2. The Balaban J connectivity index is 1.99. The summed E-state index contributed by atoms with van der Waals surface area (Å²) in [5.41, 5.74) is 1.42. The van der Waals surface area contributed by atoms with Gasteiger partial charge in [0.25, 0.3) is 5.91 Å². The molecule has 1 aromatic rings. The molecule has 1 aliphatic rings. The topological polar surface area (TPSA) is 54.0 Å². The maximum absolute atomic E-state index is 12.0. The van der Waals surface area contributed by atoms with E-state index in [4.69, 9.17) is 0 Å². The molecule has 4 nitrogen and oxygen atoms in total. The third kappa shape index (κ3) is 2.72. The first-order chi connectivity index (χ1) is 8.21. The summed E-state index contributed by atoms with van der Waals surface area (Å²) in [6.45, 7) is 0.741. The van der Waals surface area contributed by atoms with E-state index in [1.807, 2.05) is 11.8 Å². The molecule has 0 spiro atoms. The Bertz CT molecular complexity index is 418. The van der Waals surface area contributed by atoms with Gasteiger partial charge in [0.1, 0.15) is 0 Å². The highest BCUT2D eigenvalue weighted by molar-refractivity contribution is 8.00. The molecule has 1 saturated carbocycles. The van der Waals surface area contributed by atoms with Crippen LogP contribution in [0, 0.1) is 0 Å². The largest absolute Gasteiger partial charge is 0.387 e. The highest BCUT2D eigenvalue weighted by Crippen LogP contribution is 2.46. The molecule has 1 fully saturated rings. The molecule has 17 heavy (non-hydrogen) atoms. The molecular formula is C12H17N3OS. The Morgan fingerprint density at radius 1 is 1.59 bits per heavy atom. The van der Waals surface area contributed by atoms with Crippen LogP contribution >= 0.6 is 11.8 Å². The summed E-state index contributed by atoms with van der Waals surface area (Å²) in [4.78, 5) is 16.0. The predicted molar refractivity (Wildman–Crippen MR) is 71.6 cm³/mol. The van der Waals surface area contributed by atoms with E-state index in [0.29, 0.717) is 5.56 Å². The first-order valence-electron chi connectivity index (χ1n) is 5.66. The van der Waals surface area contributed by atoms with E-state index in [1.54, 1.807) is 25.5 Å². The summed E-state index contributed by atoms with van der Waals surface area (Å²) < 4.78 is 0.289. The summed E-state index contributed by atoms with van der Waals surface area (Å²) in [6.07, 6.45) is 7.76. The van der Waals surface area contributed by atoms with Crippen LogP contribution in [-0.4, -0.2) is 35.5 Å². The van der Waals surface area contributed by atoms with Gasteiger partial charge in [-0.25, -0.2) is 0 Å². The minimum absolute atomic E-state index is 0.0530. The molecule has 2 N–H and O–H groups in total. The summed E-state index contributed by atoms with van der Waals surface area (Å²) in [7, 11) is 1.80. The number of rotatable bonds is 5. The molecule has 1 heterocycles. The third-order valence-corrected chi connectivity index (χ3v) is 4.57. The van der Waals surface area contributed by atoms with Gasteiger partial charge in [0.05, 0.1) is 5.56 Å². The molecule has 0 aliphatic heterocycles. The molecule has 0 bridgehead atoms. The maximum Gasteiger partial charge on any atom is 0.255 e. The lowest BCUT2D eigenvalue weighted by Crippen LogP contribution is -2.32. The Hall–Kier alpha value is -1.23. The van der Waals surface area contributed by atoms with Gasteiger partial charge >= 0.3 is 0 Å². The standard InChI is InChI=1S/C12H17N3OS/c1-13-10-3-6-14-7-9(10)11(16)15-8-12(17-2)4-5-12/h3,6-7H,4-5,8H2,1-2H3,(H,13,14)(H,15,16). The van der Waals surface area contributed by atoms with Gasteiger partial charge in [-0.05, 0) is 25.2 Å². The van der Waals surface area contributed by atoms with Gasteiger partial charge in [-0.2, -0.15) is 11.8 Å². The predicted octanol–water partition coefficient (Wildman–Crippen LogP) is 1.75. The van der Waals surface area contributed by atoms with E-state index in [-0.39, 0.29) is 10.7 Å². The number of pyridine rings is 1. The van der Waals surface area contributed by atoms with Crippen LogP contribution in [0.5, 0.6) is 0 Å². The number of thioether (sulfide) groups is 1. The number of hydrogen-bond acceptors (Lipinski definition) is 4. The normalized spacial score (nSPS) is 16.4. The number of nitrogens with one attached hydrogen (secondary N) is 2. The molecule has 1 aliphatic carbocycles. The number of carbonyl (C=O) groups is 1. The SMILES string of the molecule is CNc1ccncc1C(=O)NCC1(SC)CC1. The summed E-state index contributed by atoms with van der Waals surface area (Å²) in [6, 6.07) is 1.80. The van der Waals surface area contributed by atoms with Gasteiger partial charge in [0.2, 0.25) is 0 Å². The van der Waals surface area contributed by atoms with Crippen LogP contribution in [0.3, 0.4) is 0 Å². The second-order valence-corrected chi connectivity index (χ2v) is 5.52. The van der Waals surface area contributed by atoms with Crippen molar-refractivity contribution in [2.75, 3.05) is 25.2 Å². The highest BCUT2D eigenvalue weighted by atomic mass is 32.2. The zero-order valence-electron chi connectivity index (χ0n) is 10.1. The minimum Gasteiger partial charge on any atom is -0.387 e. The summed E-state index contributed by atoms with van der Waals surface area (Å²) in [5, 5.41) is 5.98. The summed E-state index contributed by atoms with van der Waals surface area (Å²) >= 11 is 1.84. The molecule has 1 aromatic heterocycles. The molecule has 0 saturated heterocycles. The van der Waals surface area contributed by atoms with Crippen molar-refractivity contribution in [1.29, 1.82) is 0 Å². The van der Waals surface area contributed by atoms with Crippen molar-refractivity contribution in [3.63, 3.8) is 0 Å². The van der Waals surface area contributed by atoms with Gasteiger partial charge < -0.3 is 10.6 Å². The van der Waals surface area contributed by atoms with Crippen molar-refractivity contribution >= 4 is 23.4 Å². The van der Waals surface area contributed by atoms with Gasteiger partial charge in [-0.1, -0.05) is 0 Å². The Labute approximate surface area is 106 Å². The average molecular weight is 251 g/mol. The van der Waals surface area contributed by atoms with Crippen LogP contribution in [0.1, 0.15) is 23.2 Å². The molecule has 1 amide bonds. The van der Waals surface area contributed by atoms with E-state index in [2.05, 4.69) is 21.9 Å². The Morgan fingerprint density at radius 2 is 2.35 bits per heavy atom. The monoisotopic (exact) mass is 251 g/mol. The zero-order valence-corrected chi connectivity index (χ0v) is 10.9. The minimum atomic E-state index is -0.0530. The number of aromatic nitrogens is 1. The number of amides is 1. The lowest BCUT2D eigenvalue weighted by molar-refractivity contribution is 0.0953. The third-order valence-electron chi connectivity index (χ3n) is 3.15. The first kappa shape index (κ1) is 12.2. The van der Waals surface area contributed by atoms with Crippen LogP contribution in [-0.2, 0) is 0 Å². The fourth-order valence-electron chi connectivity index (χ4n) is 1.72. The first-order valence-corrected chi connectivity index (χ1v) is 6.88. The molecule has 2 rings (SSSR count). The van der Waals surface area contributed by atoms with Crippen molar-refractivity contribution in [2.45, 2.75) is 17.6 Å². The molecule has 0 atom stereocenters. The molecule has 0 aromatic carbocycles. The van der Waals surface area contributed by atoms with Gasteiger partial charge in [0.15, 0.2) is 0 Å². The molecule has 0 unspecified atom stereocenters. The summed E-state index contributed by atoms with van der Waals surface area (Å²) in [5.74, 6) is -0.0530. The lowest BCUT2D eigenvalue weighted by Gasteiger charge is -2.14. The second-order valence-electron chi connectivity index (χ2n) is 4.24. The average Bonchev–Trinajstić information content (AvgIpc) is 3.16. The van der Waals surface area contributed by atoms with E-state index >= 15 is 0 Å². The number of nitrogens with zero attached hydrogens (tertiary/aromatic N) is 1. The van der Waals surface area contributed by atoms with Crippen LogP contribution in [0.15, 0.2) is 18.5 Å². The quantitative estimate of drug-likeness (QED) is 0.837. The van der Waals surface area contributed by atoms with E-state index in [1.165, 1.54) is 12.8 Å². The van der Waals surface area contributed by atoms with Crippen molar-refractivity contribution < 1.29 is 4.79 Å². The highest BCUT2D eigenvalue weighted by Gasteiger charge is 2.42. The van der Waals surface area contributed by atoms with Crippen LogP contribution in [0.4, 0.5) is 5.69 Å². The van der Waals surface area contributed by atoms with E-state index in [0.717, 1.165) is 12.2 Å². The Morgan fingerprint density at radius 3 is 2.94 bits per heavy atom. The van der Waals surface area contributed by atoms with E-state index < -0.39 is 0 Å². The van der Waals surface area contributed by atoms with Crippen LogP contribution < -0.4 is 10.6 Å². The second kappa shape index (κ2) is 4.96. The van der Waals surface area contributed by atoms with Crippen molar-refractivity contribution in [3.8, 4) is 0 Å². The smallest absolute Gasteiger partial charge is 0.255 e. The van der Waals surface area contributed by atoms with E-state index in [9.17, 15) is 4.79 Å². The number of anilines is 1. The molecule has 5 heteroatoms. The molecule has 0 radical (unpaired) electrons. The van der Waals surface area contributed by atoms with Crippen molar-refractivity contribution in [2.24, 2.45) is 0 Å². The van der Waals surface area contributed by atoms with Crippen LogP contribution in [0.25, 0.3) is 0 Å². The van der Waals surface area contributed by atoms with Gasteiger partial charge in [-0.15, -0.1) is 0 Å². The number of carbonyl (C=O) groups excluding carboxylic acids is 1. The molecule has 92 valence electrons. The number of hydrogen-bond donors (Lipinski definition) is 2.